The fraction of sp³-hybridized carbons (Fsp3) is 0.286. The summed E-state index contributed by atoms with van der Waals surface area (Å²) in [6.45, 7) is 1.93. The molecule has 1 N–H and O–H groups in total. The standard InChI is InChI=1S/C14H17NO4/c1-3-19-14(18)10-15(2)13(17)9-6-11-4-7-12(16)8-5-11/h4-9,16H,3,10H2,1-2H3/b9-6+. The lowest BCUT2D eigenvalue weighted by atomic mass is 10.2. The summed E-state index contributed by atoms with van der Waals surface area (Å²) in [4.78, 5) is 24.2. The second-order valence-corrected chi connectivity index (χ2v) is 3.92. The number of likely N-dealkylation sites (N-methyl/N-ethyl adjacent to an activating group) is 1. The first-order valence-electron chi connectivity index (χ1n) is 5.90. The van der Waals surface area contributed by atoms with Crippen molar-refractivity contribution in [2.75, 3.05) is 20.2 Å². The van der Waals surface area contributed by atoms with Gasteiger partial charge >= 0.3 is 5.97 Å². The number of ether oxygens (including phenoxy) is 1. The molecular weight excluding hydrogens is 246 g/mol. The second-order valence-electron chi connectivity index (χ2n) is 3.92. The number of hydrogen-bond acceptors (Lipinski definition) is 4. The highest BCUT2D eigenvalue weighted by Gasteiger charge is 2.10. The Bertz CT molecular complexity index is 465. The van der Waals surface area contributed by atoms with Gasteiger partial charge in [-0.15, -0.1) is 0 Å². The molecule has 0 unspecified atom stereocenters. The number of carbonyl (C=O) groups excluding carboxylic acids is 2. The Kier molecular flexibility index (Phi) is 5.60. The molecule has 0 radical (unpaired) electrons. The molecule has 0 atom stereocenters. The number of phenols is 1. The number of esters is 1. The van der Waals surface area contributed by atoms with Crippen LogP contribution in [0.2, 0.25) is 0 Å². The molecule has 102 valence electrons. The van der Waals surface area contributed by atoms with Gasteiger partial charge in [-0.25, -0.2) is 0 Å². The van der Waals surface area contributed by atoms with E-state index in [-0.39, 0.29) is 18.2 Å². The Morgan fingerprint density at radius 2 is 1.95 bits per heavy atom. The average Bonchev–Trinajstić information content (AvgIpc) is 2.37. The predicted octanol–water partition coefficient (Wildman–Crippen LogP) is 1.43. The van der Waals surface area contributed by atoms with Crippen LogP contribution in [0.1, 0.15) is 12.5 Å². The first-order chi connectivity index (χ1) is 9.02. The van der Waals surface area contributed by atoms with E-state index in [0.29, 0.717) is 6.61 Å². The van der Waals surface area contributed by atoms with Gasteiger partial charge in [0.2, 0.25) is 5.91 Å². The molecule has 0 heterocycles. The summed E-state index contributed by atoms with van der Waals surface area (Å²) in [7, 11) is 1.53. The molecule has 0 aliphatic rings. The van der Waals surface area contributed by atoms with Crippen molar-refractivity contribution in [3.63, 3.8) is 0 Å². The van der Waals surface area contributed by atoms with E-state index in [1.807, 2.05) is 0 Å². The molecule has 0 aromatic heterocycles. The Labute approximate surface area is 112 Å². The van der Waals surface area contributed by atoms with E-state index in [4.69, 9.17) is 9.84 Å². The van der Waals surface area contributed by atoms with Crippen molar-refractivity contribution in [2.45, 2.75) is 6.92 Å². The minimum Gasteiger partial charge on any atom is -0.508 e. The Morgan fingerprint density at radius 3 is 2.53 bits per heavy atom. The molecule has 0 fully saturated rings. The smallest absolute Gasteiger partial charge is 0.325 e. The number of hydrogen-bond donors (Lipinski definition) is 1. The molecule has 0 saturated heterocycles. The van der Waals surface area contributed by atoms with E-state index >= 15 is 0 Å². The van der Waals surface area contributed by atoms with Gasteiger partial charge < -0.3 is 14.7 Å². The quantitative estimate of drug-likeness (QED) is 0.644. The maximum Gasteiger partial charge on any atom is 0.325 e. The van der Waals surface area contributed by atoms with Gasteiger partial charge in [0.25, 0.3) is 0 Å². The molecule has 1 aromatic rings. The first kappa shape index (κ1) is 14.8. The van der Waals surface area contributed by atoms with Crippen LogP contribution >= 0.6 is 0 Å². The molecule has 1 aromatic carbocycles. The zero-order valence-electron chi connectivity index (χ0n) is 11.0. The molecule has 19 heavy (non-hydrogen) atoms. The number of carbonyl (C=O) groups is 2. The Hall–Kier alpha value is -2.30. The van der Waals surface area contributed by atoms with Crippen LogP contribution in [-0.4, -0.2) is 42.1 Å². The maximum absolute atomic E-state index is 11.7. The van der Waals surface area contributed by atoms with E-state index < -0.39 is 5.97 Å². The van der Waals surface area contributed by atoms with Crippen LogP contribution in [0.3, 0.4) is 0 Å². The third-order valence-corrected chi connectivity index (χ3v) is 2.36. The third kappa shape index (κ3) is 5.25. The van der Waals surface area contributed by atoms with Gasteiger partial charge in [0.05, 0.1) is 6.61 Å². The number of amides is 1. The molecule has 1 rings (SSSR count). The summed E-state index contributed by atoms with van der Waals surface area (Å²) >= 11 is 0. The largest absolute Gasteiger partial charge is 0.508 e. The normalized spacial score (nSPS) is 10.4. The van der Waals surface area contributed by atoms with Gasteiger partial charge in [0.15, 0.2) is 0 Å². The molecule has 5 nitrogen and oxygen atoms in total. The number of aromatic hydroxyl groups is 1. The molecule has 0 spiro atoms. The number of benzene rings is 1. The van der Waals surface area contributed by atoms with Crippen LogP contribution in [0, 0.1) is 0 Å². The summed E-state index contributed by atoms with van der Waals surface area (Å²) in [5, 5.41) is 9.12. The molecule has 1 amide bonds. The van der Waals surface area contributed by atoms with E-state index in [2.05, 4.69) is 0 Å². The molecule has 0 aliphatic heterocycles. The molecule has 0 bridgehead atoms. The fourth-order valence-corrected chi connectivity index (χ4v) is 1.36. The Morgan fingerprint density at radius 1 is 1.32 bits per heavy atom. The van der Waals surface area contributed by atoms with Crippen molar-refractivity contribution in [2.24, 2.45) is 0 Å². The summed E-state index contributed by atoms with van der Waals surface area (Å²) < 4.78 is 4.75. The lowest BCUT2D eigenvalue weighted by Crippen LogP contribution is -2.31. The maximum atomic E-state index is 11.7. The third-order valence-electron chi connectivity index (χ3n) is 2.36. The van der Waals surface area contributed by atoms with Crippen LogP contribution in [0.15, 0.2) is 30.3 Å². The van der Waals surface area contributed by atoms with Crippen LogP contribution < -0.4 is 0 Å². The lowest BCUT2D eigenvalue weighted by Gasteiger charge is -2.13. The van der Waals surface area contributed by atoms with E-state index in [0.717, 1.165) is 5.56 Å². The van der Waals surface area contributed by atoms with Gasteiger partial charge in [0.1, 0.15) is 12.3 Å². The monoisotopic (exact) mass is 263 g/mol. The highest BCUT2D eigenvalue weighted by Crippen LogP contribution is 2.10. The van der Waals surface area contributed by atoms with Crippen molar-refractivity contribution in [3.05, 3.63) is 35.9 Å². The van der Waals surface area contributed by atoms with Crippen molar-refractivity contribution < 1.29 is 19.4 Å². The summed E-state index contributed by atoms with van der Waals surface area (Å²) in [6, 6.07) is 6.44. The van der Waals surface area contributed by atoms with Crippen molar-refractivity contribution in [3.8, 4) is 5.75 Å². The number of nitrogens with zero attached hydrogens (tertiary/aromatic N) is 1. The highest BCUT2D eigenvalue weighted by atomic mass is 16.5. The van der Waals surface area contributed by atoms with E-state index in [1.165, 1.54) is 30.2 Å². The van der Waals surface area contributed by atoms with Gasteiger partial charge in [-0.05, 0) is 30.7 Å². The predicted molar refractivity (Wildman–Crippen MR) is 71.4 cm³/mol. The lowest BCUT2D eigenvalue weighted by molar-refractivity contribution is -0.146. The van der Waals surface area contributed by atoms with Crippen LogP contribution in [0.5, 0.6) is 5.75 Å². The highest BCUT2D eigenvalue weighted by molar-refractivity contribution is 5.93. The SMILES string of the molecule is CCOC(=O)CN(C)C(=O)/C=C/c1ccc(O)cc1. The number of rotatable bonds is 5. The average molecular weight is 263 g/mol. The van der Waals surface area contributed by atoms with Crippen molar-refractivity contribution in [1.29, 1.82) is 0 Å². The zero-order chi connectivity index (χ0) is 14.3. The fourth-order valence-electron chi connectivity index (χ4n) is 1.36. The van der Waals surface area contributed by atoms with Crippen molar-refractivity contribution in [1.82, 2.24) is 4.90 Å². The number of phenolic OH excluding ortho intramolecular Hbond substituents is 1. The second kappa shape index (κ2) is 7.20. The first-order valence-corrected chi connectivity index (χ1v) is 5.90. The van der Waals surface area contributed by atoms with E-state index in [1.54, 1.807) is 25.1 Å². The summed E-state index contributed by atoms with van der Waals surface area (Å²) in [6.07, 6.45) is 2.98. The molecule has 0 aliphatic carbocycles. The van der Waals surface area contributed by atoms with Crippen LogP contribution in [-0.2, 0) is 14.3 Å². The zero-order valence-corrected chi connectivity index (χ0v) is 11.0. The van der Waals surface area contributed by atoms with Gasteiger partial charge in [0, 0.05) is 13.1 Å². The summed E-state index contributed by atoms with van der Waals surface area (Å²) in [5.41, 5.74) is 0.788. The van der Waals surface area contributed by atoms with Crippen molar-refractivity contribution >= 4 is 18.0 Å². The summed E-state index contributed by atoms with van der Waals surface area (Å²) in [5.74, 6) is -0.555. The van der Waals surface area contributed by atoms with E-state index in [9.17, 15) is 9.59 Å². The molecular formula is C14H17NO4. The topological polar surface area (TPSA) is 66.8 Å². The molecule has 5 heteroatoms. The Balaban J connectivity index is 2.54. The minimum absolute atomic E-state index is 0.0768. The van der Waals surface area contributed by atoms with Gasteiger partial charge in [-0.2, -0.15) is 0 Å². The van der Waals surface area contributed by atoms with Crippen LogP contribution in [0.25, 0.3) is 6.08 Å². The van der Waals surface area contributed by atoms with Gasteiger partial charge in [-0.3, -0.25) is 9.59 Å². The van der Waals surface area contributed by atoms with Gasteiger partial charge in [-0.1, -0.05) is 12.1 Å². The van der Waals surface area contributed by atoms with Crippen LogP contribution in [0.4, 0.5) is 0 Å². The molecule has 0 saturated carbocycles. The minimum atomic E-state index is -0.434.